The fourth-order valence-electron chi connectivity index (χ4n) is 1.57. The molecule has 110 valence electrons. The quantitative estimate of drug-likeness (QED) is 0.594. The van der Waals surface area contributed by atoms with Gasteiger partial charge in [-0.3, -0.25) is 0 Å². The summed E-state index contributed by atoms with van der Waals surface area (Å²) >= 11 is 18.7. The normalized spacial score (nSPS) is 10.5. The van der Waals surface area contributed by atoms with Crippen molar-refractivity contribution >= 4 is 61.0 Å². The molecule has 0 aromatic heterocycles. The Bertz CT molecular complexity index is 705. The lowest BCUT2D eigenvalue weighted by molar-refractivity contribution is 0.0696. The molecule has 0 fully saturated rings. The highest BCUT2D eigenvalue weighted by Crippen LogP contribution is 2.34. The van der Waals surface area contributed by atoms with Crippen molar-refractivity contribution in [3.8, 4) is 5.75 Å². The van der Waals surface area contributed by atoms with Crippen molar-refractivity contribution in [1.82, 2.24) is 0 Å². The second-order valence-electron chi connectivity index (χ2n) is 4.10. The number of carbonyl (C=O) groups is 1. The summed E-state index contributed by atoms with van der Waals surface area (Å²) in [7, 11) is 0. The molecule has 2 aromatic carbocycles. The number of carboxylic acid groups (broad SMARTS) is 1. The van der Waals surface area contributed by atoms with Gasteiger partial charge in [-0.25, -0.2) is 4.79 Å². The number of hydrogen-bond acceptors (Lipinski definition) is 2. The van der Waals surface area contributed by atoms with Gasteiger partial charge in [-0.05, 0) is 34.1 Å². The maximum absolute atomic E-state index is 10.9. The van der Waals surface area contributed by atoms with Crippen LogP contribution >= 0.6 is 55.1 Å². The summed E-state index contributed by atoms with van der Waals surface area (Å²) < 4.78 is 6.97. The zero-order chi connectivity index (χ0) is 15.6. The first-order valence-electron chi connectivity index (χ1n) is 5.67. The smallest absolute Gasteiger partial charge is 0.335 e. The van der Waals surface area contributed by atoms with Gasteiger partial charge in [0.05, 0.1) is 15.6 Å². The van der Waals surface area contributed by atoms with E-state index in [4.69, 9.17) is 33.0 Å². The minimum Gasteiger partial charge on any atom is -0.487 e. The Morgan fingerprint density at radius 1 is 1.10 bits per heavy atom. The lowest BCUT2D eigenvalue weighted by atomic mass is 10.1. The highest BCUT2D eigenvalue weighted by Gasteiger charge is 2.10. The fraction of sp³-hybridized carbons (Fsp3) is 0.0714. The van der Waals surface area contributed by atoms with E-state index >= 15 is 0 Å². The van der Waals surface area contributed by atoms with Crippen LogP contribution in [0.3, 0.4) is 0 Å². The van der Waals surface area contributed by atoms with Gasteiger partial charge in [-0.2, -0.15) is 0 Å². The molecule has 1 N–H and O–H groups in total. The number of aromatic carboxylic acids is 1. The van der Waals surface area contributed by atoms with Gasteiger partial charge in [0.2, 0.25) is 0 Å². The minimum atomic E-state index is -0.981. The van der Waals surface area contributed by atoms with Crippen molar-refractivity contribution in [1.29, 1.82) is 0 Å². The Labute approximate surface area is 148 Å². The zero-order valence-corrected chi connectivity index (χ0v) is 15.1. The maximum Gasteiger partial charge on any atom is 0.335 e. The number of carboxylic acids is 1. The minimum absolute atomic E-state index is 0.204. The van der Waals surface area contributed by atoms with Crippen LogP contribution in [-0.4, -0.2) is 11.1 Å². The number of rotatable bonds is 4. The Kier molecular flexibility index (Phi) is 5.54. The van der Waals surface area contributed by atoms with Crippen LogP contribution in [0, 0.1) is 0 Å². The van der Waals surface area contributed by atoms with Gasteiger partial charge in [0.25, 0.3) is 0 Å². The van der Waals surface area contributed by atoms with Crippen molar-refractivity contribution in [3.63, 3.8) is 0 Å². The van der Waals surface area contributed by atoms with E-state index in [1.165, 1.54) is 12.1 Å². The van der Waals surface area contributed by atoms with E-state index in [-0.39, 0.29) is 12.2 Å². The molecule has 0 heterocycles. The SMILES string of the molecule is O=C(O)c1ccc(COc2cc(Cl)c(Br)cc2Cl)c(Br)c1. The molecule has 0 amide bonds. The molecule has 3 nitrogen and oxygen atoms in total. The summed E-state index contributed by atoms with van der Waals surface area (Å²) in [4.78, 5) is 10.9. The fourth-order valence-corrected chi connectivity index (χ4v) is 2.91. The second-order valence-corrected chi connectivity index (χ2v) is 6.62. The molecule has 0 bridgehead atoms. The molecular formula is C14H8Br2Cl2O3. The number of benzene rings is 2. The van der Waals surface area contributed by atoms with Crippen molar-refractivity contribution in [2.75, 3.05) is 0 Å². The molecule has 0 aliphatic heterocycles. The van der Waals surface area contributed by atoms with Crippen molar-refractivity contribution < 1.29 is 14.6 Å². The van der Waals surface area contributed by atoms with Gasteiger partial charge < -0.3 is 9.84 Å². The lowest BCUT2D eigenvalue weighted by Crippen LogP contribution is -2.00. The van der Waals surface area contributed by atoms with E-state index in [0.717, 1.165) is 5.56 Å². The monoisotopic (exact) mass is 452 g/mol. The number of ether oxygens (including phenoxy) is 1. The molecule has 0 aliphatic carbocycles. The summed E-state index contributed by atoms with van der Waals surface area (Å²) in [6.45, 7) is 0.234. The van der Waals surface area contributed by atoms with Crippen LogP contribution in [0.5, 0.6) is 5.75 Å². The molecule has 0 spiro atoms. The second kappa shape index (κ2) is 7.01. The third kappa shape index (κ3) is 4.13. The number of hydrogen-bond donors (Lipinski definition) is 1. The van der Waals surface area contributed by atoms with E-state index < -0.39 is 5.97 Å². The molecule has 0 saturated heterocycles. The third-order valence-electron chi connectivity index (χ3n) is 2.66. The van der Waals surface area contributed by atoms with Crippen LogP contribution in [0.4, 0.5) is 0 Å². The van der Waals surface area contributed by atoms with E-state index in [0.29, 0.717) is 24.7 Å². The van der Waals surface area contributed by atoms with E-state index in [1.54, 1.807) is 18.2 Å². The molecule has 7 heteroatoms. The highest BCUT2D eigenvalue weighted by atomic mass is 79.9. The average Bonchev–Trinajstić information content (AvgIpc) is 2.42. The van der Waals surface area contributed by atoms with Gasteiger partial charge >= 0.3 is 5.97 Å². The predicted octanol–water partition coefficient (Wildman–Crippen LogP) is 5.80. The summed E-state index contributed by atoms with van der Waals surface area (Å²) in [5, 5.41) is 9.84. The van der Waals surface area contributed by atoms with Crippen LogP contribution in [0.1, 0.15) is 15.9 Å². The van der Waals surface area contributed by atoms with Crippen molar-refractivity contribution in [3.05, 3.63) is 60.4 Å². The van der Waals surface area contributed by atoms with Crippen molar-refractivity contribution in [2.24, 2.45) is 0 Å². The van der Waals surface area contributed by atoms with Crippen LogP contribution in [0.15, 0.2) is 39.3 Å². The molecule has 0 aliphatic rings. The lowest BCUT2D eigenvalue weighted by Gasteiger charge is -2.11. The van der Waals surface area contributed by atoms with Crippen LogP contribution in [0.25, 0.3) is 0 Å². The summed E-state index contributed by atoms with van der Waals surface area (Å²) in [5.41, 5.74) is 1.01. The third-order valence-corrected chi connectivity index (χ3v) is 4.89. The molecule has 2 aromatic rings. The van der Waals surface area contributed by atoms with E-state index in [1.807, 2.05) is 0 Å². The van der Waals surface area contributed by atoms with Gasteiger partial charge in [0.15, 0.2) is 0 Å². The Balaban J connectivity index is 2.17. The molecule has 0 unspecified atom stereocenters. The van der Waals surface area contributed by atoms with Crippen LogP contribution < -0.4 is 4.74 Å². The molecule has 0 radical (unpaired) electrons. The van der Waals surface area contributed by atoms with Gasteiger partial charge in [-0.15, -0.1) is 0 Å². The van der Waals surface area contributed by atoms with Crippen LogP contribution in [-0.2, 0) is 6.61 Å². The largest absolute Gasteiger partial charge is 0.487 e. The summed E-state index contributed by atoms with van der Waals surface area (Å²) in [6.07, 6.45) is 0. The summed E-state index contributed by atoms with van der Waals surface area (Å²) in [6, 6.07) is 8.00. The Morgan fingerprint density at radius 3 is 2.43 bits per heavy atom. The molecule has 21 heavy (non-hydrogen) atoms. The first-order valence-corrected chi connectivity index (χ1v) is 8.01. The molecular weight excluding hydrogens is 447 g/mol. The predicted molar refractivity (Wildman–Crippen MR) is 89.6 cm³/mol. The average molecular weight is 455 g/mol. The molecule has 0 atom stereocenters. The topological polar surface area (TPSA) is 46.5 Å². The maximum atomic E-state index is 10.9. The van der Waals surface area contributed by atoms with Crippen molar-refractivity contribution in [2.45, 2.75) is 6.61 Å². The van der Waals surface area contributed by atoms with Gasteiger partial charge in [0, 0.05) is 20.6 Å². The Hall–Kier alpha value is -0.750. The van der Waals surface area contributed by atoms with E-state index in [2.05, 4.69) is 31.9 Å². The van der Waals surface area contributed by atoms with Gasteiger partial charge in [-0.1, -0.05) is 45.2 Å². The first-order chi connectivity index (χ1) is 9.88. The number of halogens is 4. The molecule has 2 rings (SSSR count). The standard InChI is InChI=1S/C14H8Br2Cl2O3/c15-9-3-7(14(19)20)1-2-8(9)6-21-13-5-11(17)10(16)4-12(13)18/h1-5H,6H2,(H,19,20). The highest BCUT2D eigenvalue weighted by molar-refractivity contribution is 9.10. The summed E-state index contributed by atoms with van der Waals surface area (Å²) in [5.74, 6) is -0.523. The zero-order valence-electron chi connectivity index (χ0n) is 10.4. The van der Waals surface area contributed by atoms with E-state index in [9.17, 15) is 4.79 Å². The van der Waals surface area contributed by atoms with Crippen LogP contribution in [0.2, 0.25) is 10.0 Å². The molecule has 0 saturated carbocycles. The van der Waals surface area contributed by atoms with Gasteiger partial charge in [0.1, 0.15) is 12.4 Å². The Morgan fingerprint density at radius 2 is 1.81 bits per heavy atom. The first kappa shape index (κ1) is 16.6.